The highest BCUT2D eigenvalue weighted by Gasteiger charge is 2.47. The molecule has 0 aliphatic carbocycles. The molecule has 1 aliphatic rings. The zero-order valence-corrected chi connectivity index (χ0v) is 8.84. The number of ether oxygens (including phenoxy) is 1. The molecule has 0 spiro atoms. The summed E-state index contributed by atoms with van der Waals surface area (Å²) in [5.74, 6) is 0.763. The number of aliphatic hydroxyl groups is 4. The quantitative estimate of drug-likeness (QED) is 0.318. The Bertz CT molecular complexity index is 179. The predicted molar refractivity (Wildman–Crippen MR) is 53.1 cm³/mol. The van der Waals surface area contributed by atoms with Crippen molar-refractivity contribution in [2.75, 3.05) is 12.4 Å². The fourth-order valence-corrected chi connectivity index (χ4v) is 2.56. The maximum Gasteiger partial charge on any atom is 0.206 e. The molecule has 1 fully saturated rings. The summed E-state index contributed by atoms with van der Waals surface area (Å²) in [5, 5.41) is 36.9. The zero-order chi connectivity index (χ0) is 10.7. The van der Waals surface area contributed by atoms with E-state index in [1.54, 1.807) is 0 Å². The van der Waals surface area contributed by atoms with Gasteiger partial charge in [-0.15, -0.1) is 0 Å². The summed E-state index contributed by atoms with van der Waals surface area (Å²) in [4.78, 5) is 0. The Morgan fingerprint density at radius 3 is 2.36 bits per heavy atom. The van der Waals surface area contributed by atoms with Crippen molar-refractivity contribution in [2.24, 2.45) is 0 Å². The second-order valence-corrected chi connectivity index (χ2v) is 4.81. The molecule has 0 saturated carbocycles. The van der Waals surface area contributed by atoms with Gasteiger partial charge < -0.3 is 25.2 Å². The molecule has 5 nitrogen and oxygen atoms in total. The topological polar surface area (TPSA) is 90.2 Å². The van der Waals surface area contributed by atoms with Gasteiger partial charge in [-0.2, -0.15) is 0 Å². The van der Waals surface area contributed by atoms with Crippen LogP contribution in [0.5, 0.6) is 0 Å². The first-order chi connectivity index (χ1) is 6.61. The molecule has 0 bridgehead atoms. The Morgan fingerprint density at radius 1 is 1.21 bits per heavy atom. The molecule has 0 aromatic heterocycles. The summed E-state index contributed by atoms with van der Waals surface area (Å²) in [6, 6.07) is 0. The van der Waals surface area contributed by atoms with Gasteiger partial charge in [0.25, 0.3) is 0 Å². The molecule has 5 atom stereocenters. The van der Waals surface area contributed by atoms with Gasteiger partial charge in [0.15, 0.2) is 5.25 Å². The lowest BCUT2D eigenvalue weighted by molar-refractivity contribution is -0.235. The minimum absolute atomic E-state index is 0.412. The molecule has 1 saturated heterocycles. The smallest absolute Gasteiger partial charge is 0.206 e. The molecule has 1 aliphatic heterocycles. The van der Waals surface area contributed by atoms with Crippen LogP contribution in [0.15, 0.2) is 0 Å². The van der Waals surface area contributed by atoms with Gasteiger partial charge in [0.1, 0.15) is 24.1 Å². The molecular weight excluding hydrogens is 208 g/mol. The molecule has 0 aromatic carbocycles. The first-order valence-electron chi connectivity index (χ1n) is 4.59. The Morgan fingerprint density at radius 2 is 1.86 bits per heavy atom. The van der Waals surface area contributed by atoms with E-state index < -0.39 is 36.5 Å². The van der Waals surface area contributed by atoms with Gasteiger partial charge in [-0.1, -0.05) is 0 Å². The van der Waals surface area contributed by atoms with E-state index in [9.17, 15) is 15.3 Å². The molecule has 0 radical (unpaired) electrons. The van der Waals surface area contributed by atoms with Gasteiger partial charge in [0, 0.05) is 0 Å². The highest BCUT2D eigenvalue weighted by Crippen LogP contribution is 2.22. The van der Waals surface area contributed by atoms with E-state index >= 15 is 0 Å². The predicted octanol–water partition coefficient (Wildman–Crippen LogP) is -2.38. The van der Waals surface area contributed by atoms with E-state index in [1.807, 2.05) is 6.92 Å². The van der Waals surface area contributed by atoms with Gasteiger partial charge >= 0.3 is 0 Å². The molecule has 1 rings (SSSR count). The molecular formula is C8H17O5S+. The van der Waals surface area contributed by atoms with Gasteiger partial charge in [-0.05, 0) is 18.7 Å². The average molecular weight is 225 g/mol. The van der Waals surface area contributed by atoms with Crippen molar-refractivity contribution in [3.05, 3.63) is 0 Å². The second kappa shape index (κ2) is 5.29. The zero-order valence-electron chi connectivity index (χ0n) is 7.95. The summed E-state index contributed by atoms with van der Waals surface area (Å²) < 4.78 is 4.97. The molecule has 1 heterocycles. The summed E-state index contributed by atoms with van der Waals surface area (Å²) in [6.07, 6.45) is -4.19. The lowest BCUT2D eigenvalue weighted by Crippen LogP contribution is -2.59. The van der Waals surface area contributed by atoms with Crippen molar-refractivity contribution < 1.29 is 25.2 Å². The van der Waals surface area contributed by atoms with Gasteiger partial charge in [-0.3, -0.25) is 0 Å². The number of hydrogen-bond donors (Lipinski definition) is 4. The number of aliphatic hydroxyl groups excluding tert-OH is 4. The van der Waals surface area contributed by atoms with Crippen molar-refractivity contribution in [1.82, 2.24) is 0 Å². The molecule has 0 aromatic rings. The van der Waals surface area contributed by atoms with Crippen LogP contribution in [-0.4, -0.2) is 62.6 Å². The van der Waals surface area contributed by atoms with Crippen LogP contribution in [0.25, 0.3) is 0 Å². The average Bonchev–Trinajstić information content (AvgIpc) is 2.18. The maximum absolute atomic E-state index is 9.63. The fourth-order valence-electron chi connectivity index (χ4n) is 1.49. The van der Waals surface area contributed by atoms with Crippen molar-refractivity contribution in [3.63, 3.8) is 0 Å². The Balaban J connectivity index is 2.63. The van der Waals surface area contributed by atoms with Crippen molar-refractivity contribution in [3.8, 4) is 0 Å². The molecule has 0 amide bonds. The molecule has 84 valence electrons. The van der Waals surface area contributed by atoms with E-state index in [-0.39, 0.29) is 0 Å². The maximum atomic E-state index is 9.63. The van der Waals surface area contributed by atoms with Gasteiger partial charge in [0.05, 0.1) is 6.61 Å². The van der Waals surface area contributed by atoms with Crippen LogP contribution < -0.4 is 0 Å². The van der Waals surface area contributed by atoms with E-state index in [0.29, 0.717) is 0 Å². The third-order valence-electron chi connectivity index (χ3n) is 2.26. The van der Waals surface area contributed by atoms with Crippen LogP contribution >= 0.6 is 0 Å². The van der Waals surface area contributed by atoms with Crippen LogP contribution in [0.1, 0.15) is 6.92 Å². The summed E-state index contributed by atoms with van der Waals surface area (Å²) in [7, 11) is 0. The number of thiol groups is 1. The largest absolute Gasteiger partial charge is 0.394 e. The van der Waals surface area contributed by atoms with Gasteiger partial charge in [0.2, 0.25) is 6.29 Å². The highest BCUT2D eigenvalue weighted by atomic mass is 32.2. The van der Waals surface area contributed by atoms with Crippen LogP contribution in [0.4, 0.5) is 0 Å². The number of rotatable bonds is 3. The fraction of sp³-hybridized carbons (Fsp3) is 1.00. The minimum Gasteiger partial charge on any atom is -0.394 e. The minimum atomic E-state index is -1.13. The lowest BCUT2D eigenvalue weighted by Gasteiger charge is -2.36. The molecule has 6 heteroatoms. The third kappa shape index (κ3) is 2.39. The molecule has 4 N–H and O–H groups in total. The summed E-state index contributed by atoms with van der Waals surface area (Å²) in [6.45, 7) is 1.50. The van der Waals surface area contributed by atoms with E-state index in [0.717, 1.165) is 17.5 Å². The monoisotopic (exact) mass is 225 g/mol. The first-order valence-corrected chi connectivity index (χ1v) is 5.73. The standard InChI is InChI=1S/C8H16O5S/c1-2-14-7-6(11)5(10)4(3-9)13-8(7)12/h4-12H,2-3H2,1H3/p+1. The van der Waals surface area contributed by atoms with Crippen molar-refractivity contribution in [2.45, 2.75) is 36.8 Å². The summed E-state index contributed by atoms with van der Waals surface area (Å²) in [5.41, 5.74) is 0. The SMILES string of the molecule is CC[SH+]C1C(O)OC(CO)C(O)C1O. The Labute approximate surface area is 86.7 Å². The lowest BCUT2D eigenvalue weighted by atomic mass is 10.0. The van der Waals surface area contributed by atoms with Crippen LogP contribution in [0.3, 0.4) is 0 Å². The third-order valence-corrected chi connectivity index (χ3v) is 3.61. The highest BCUT2D eigenvalue weighted by molar-refractivity contribution is 7.79. The Hall–Kier alpha value is 0.150. The normalized spacial score (nSPS) is 43.9. The van der Waals surface area contributed by atoms with E-state index in [2.05, 4.69) is 0 Å². The second-order valence-electron chi connectivity index (χ2n) is 3.22. The first kappa shape index (κ1) is 12.2. The van der Waals surface area contributed by atoms with Crippen molar-refractivity contribution >= 4 is 11.8 Å². The van der Waals surface area contributed by atoms with E-state index in [4.69, 9.17) is 9.84 Å². The van der Waals surface area contributed by atoms with E-state index in [1.165, 1.54) is 0 Å². The molecule has 14 heavy (non-hydrogen) atoms. The van der Waals surface area contributed by atoms with Crippen LogP contribution in [0, 0.1) is 0 Å². The van der Waals surface area contributed by atoms with Crippen LogP contribution in [0.2, 0.25) is 0 Å². The van der Waals surface area contributed by atoms with Crippen molar-refractivity contribution in [1.29, 1.82) is 0 Å². The Kier molecular flexibility index (Phi) is 4.62. The number of hydrogen-bond acceptors (Lipinski definition) is 5. The van der Waals surface area contributed by atoms with Gasteiger partial charge in [-0.25, -0.2) is 0 Å². The van der Waals surface area contributed by atoms with Crippen LogP contribution in [-0.2, 0) is 16.5 Å². The molecule has 5 unspecified atom stereocenters. The summed E-state index contributed by atoms with van der Waals surface area (Å²) >= 11 is 0.827.